The van der Waals surface area contributed by atoms with Crippen LogP contribution in [-0.2, 0) is 7.05 Å². The molecule has 1 aliphatic heterocycles. The summed E-state index contributed by atoms with van der Waals surface area (Å²) in [6, 6.07) is 5.60. The second kappa shape index (κ2) is 8.31. The van der Waals surface area contributed by atoms with Gasteiger partial charge in [-0.3, -0.25) is 14.5 Å². The smallest absolute Gasteiger partial charge is 0.258 e. The van der Waals surface area contributed by atoms with Gasteiger partial charge in [-0.25, -0.2) is 4.98 Å². The van der Waals surface area contributed by atoms with Crippen molar-refractivity contribution in [2.75, 3.05) is 43.4 Å². The zero-order valence-corrected chi connectivity index (χ0v) is 17.9. The molecule has 10 nitrogen and oxygen atoms in total. The molecule has 1 N–H and O–H groups in total. The molecule has 1 amide bonds. The molecule has 1 aliphatic rings. The molecule has 0 spiro atoms. The molecule has 32 heavy (non-hydrogen) atoms. The van der Waals surface area contributed by atoms with Gasteiger partial charge in [0.05, 0.1) is 29.7 Å². The van der Waals surface area contributed by atoms with E-state index in [1.165, 1.54) is 6.20 Å². The van der Waals surface area contributed by atoms with Crippen molar-refractivity contribution in [1.82, 2.24) is 34.8 Å². The molecule has 5 heterocycles. The number of aromatic nitrogens is 6. The summed E-state index contributed by atoms with van der Waals surface area (Å²) in [5.41, 5.74) is 3.12. The van der Waals surface area contributed by atoms with Crippen LogP contribution in [-0.4, -0.2) is 74.0 Å². The van der Waals surface area contributed by atoms with Gasteiger partial charge in [-0.2, -0.15) is 10.2 Å². The Kier molecular flexibility index (Phi) is 5.20. The Morgan fingerprint density at radius 3 is 2.56 bits per heavy atom. The Balaban J connectivity index is 1.36. The number of pyridine rings is 2. The maximum atomic E-state index is 12.9. The van der Waals surface area contributed by atoms with Gasteiger partial charge in [-0.1, -0.05) is 0 Å². The van der Waals surface area contributed by atoms with Gasteiger partial charge in [0.15, 0.2) is 5.82 Å². The van der Waals surface area contributed by atoms with Gasteiger partial charge in [0.1, 0.15) is 5.82 Å². The molecule has 0 aliphatic carbocycles. The summed E-state index contributed by atoms with van der Waals surface area (Å²) in [4.78, 5) is 26.1. The molecule has 0 unspecified atom stereocenters. The van der Waals surface area contributed by atoms with Crippen molar-refractivity contribution in [3.8, 4) is 11.1 Å². The summed E-state index contributed by atoms with van der Waals surface area (Å²) >= 11 is 0. The van der Waals surface area contributed by atoms with E-state index in [4.69, 9.17) is 0 Å². The maximum Gasteiger partial charge on any atom is 0.258 e. The molecule has 0 aromatic carbocycles. The van der Waals surface area contributed by atoms with Crippen LogP contribution < -0.4 is 10.2 Å². The zero-order valence-electron chi connectivity index (χ0n) is 17.9. The highest BCUT2D eigenvalue weighted by atomic mass is 16.1. The highest BCUT2D eigenvalue weighted by Crippen LogP contribution is 2.23. The van der Waals surface area contributed by atoms with E-state index >= 15 is 0 Å². The number of hydrogen-bond acceptors (Lipinski definition) is 8. The van der Waals surface area contributed by atoms with Crippen molar-refractivity contribution in [3.05, 3.63) is 54.7 Å². The Morgan fingerprint density at radius 2 is 1.78 bits per heavy atom. The Labute approximate surface area is 184 Å². The number of hydrogen-bond donors (Lipinski definition) is 1. The SMILES string of the molecule is CN1CCN(c2cc(C(=O)Nc3cc4cc(-c5cnn(C)c5)cnc4cn3)cnn2)CC1. The number of rotatable bonds is 4. The van der Waals surface area contributed by atoms with Crippen molar-refractivity contribution >= 4 is 28.4 Å². The first kappa shape index (κ1) is 20.0. The third-order valence-corrected chi connectivity index (χ3v) is 5.58. The molecule has 1 fully saturated rings. The molecule has 0 bridgehead atoms. The Bertz CT molecular complexity index is 1280. The van der Waals surface area contributed by atoms with Gasteiger partial charge in [0.25, 0.3) is 5.91 Å². The van der Waals surface area contributed by atoms with Crippen LogP contribution in [0.5, 0.6) is 0 Å². The quantitative estimate of drug-likeness (QED) is 0.524. The lowest BCUT2D eigenvalue weighted by Gasteiger charge is -2.32. The molecule has 0 atom stereocenters. The van der Waals surface area contributed by atoms with Crippen molar-refractivity contribution in [1.29, 1.82) is 0 Å². The summed E-state index contributed by atoms with van der Waals surface area (Å²) in [5.74, 6) is 0.881. The highest BCUT2D eigenvalue weighted by molar-refractivity contribution is 6.04. The third kappa shape index (κ3) is 4.12. The van der Waals surface area contributed by atoms with E-state index in [-0.39, 0.29) is 5.91 Å². The van der Waals surface area contributed by atoms with Crippen molar-refractivity contribution < 1.29 is 4.79 Å². The fourth-order valence-electron chi connectivity index (χ4n) is 3.69. The second-order valence-corrected chi connectivity index (χ2v) is 7.94. The van der Waals surface area contributed by atoms with E-state index in [1.807, 2.05) is 25.4 Å². The van der Waals surface area contributed by atoms with Crippen LogP contribution in [0, 0.1) is 0 Å². The number of aryl methyl sites for hydroxylation is 1. The fourth-order valence-corrected chi connectivity index (χ4v) is 3.69. The molecule has 0 radical (unpaired) electrons. The topological polar surface area (TPSA) is 105 Å². The summed E-state index contributed by atoms with van der Waals surface area (Å²) < 4.78 is 1.75. The minimum atomic E-state index is -0.279. The largest absolute Gasteiger partial charge is 0.353 e. The predicted molar refractivity (Wildman–Crippen MR) is 121 cm³/mol. The molecule has 1 saturated heterocycles. The van der Waals surface area contributed by atoms with Crippen LogP contribution in [0.1, 0.15) is 10.4 Å². The first-order valence-electron chi connectivity index (χ1n) is 10.4. The molecule has 4 aromatic rings. The summed E-state index contributed by atoms with van der Waals surface area (Å²) in [6.07, 6.45) is 8.64. The predicted octanol–water partition coefficient (Wildman–Crippen LogP) is 1.82. The Hall–Kier alpha value is -3.92. The number of piperazine rings is 1. The van der Waals surface area contributed by atoms with Crippen LogP contribution >= 0.6 is 0 Å². The van der Waals surface area contributed by atoms with Crippen molar-refractivity contribution in [2.24, 2.45) is 7.05 Å². The average molecular weight is 429 g/mol. The van der Waals surface area contributed by atoms with Gasteiger partial charge in [-0.15, -0.1) is 5.10 Å². The lowest BCUT2D eigenvalue weighted by molar-refractivity contribution is 0.102. The van der Waals surface area contributed by atoms with Crippen molar-refractivity contribution in [2.45, 2.75) is 0 Å². The minimum absolute atomic E-state index is 0.279. The van der Waals surface area contributed by atoms with E-state index in [0.717, 1.165) is 48.2 Å². The van der Waals surface area contributed by atoms with Crippen LogP contribution in [0.4, 0.5) is 11.6 Å². The maximum absolute atomic E-state index is 12.9. The molecular formula is C22H23N9O. The van der Waals surface area contributed by atoms with Gasteiger partial charge in [0, 0.05) is 62.1 Å². The number of anilines is 2. The van der Waals surface area contributed by atoms with Crippen LogP contribution in [0.25, 0.3) is 22.0 Å². The normalized spacial score (nSPS) is 14.6. The number of nitrogens with zero attached hydrogens (tertiary/aromatic N) is 8. The van der Waals surface area contributed by atoms with E-state index in [2.05, 4.69) is 47.4 Å². The van der Waals surface area contributed by atoms with Crippen molar-refractivity contribution in [3.63, 3.8) is 0 Å². The zero-order chi connectivity index (χ0) is 22.1. The third-order valence-electron chi connectivity index (χ3n) is 5.58. The molecule has 10 heteroatoms. The van der Waals surface area contributed by atoms with E-state index in [9.17, 15) is 4.79 Å². The Morgan fingerprint density at radius 1 is 0.938 bits per heavy atom. The summed E-state index contributed by atoms with van der Waals surface area (Å²) in [5, 5.41) is 16.2. The highest BCUT2D eigenvalue weighted by Gasteiger charge is 2.18. The number of likely N-dealkylation sites (N-methyl/N-ethyl adjacent to an activating group) is 1. The number of carbonyl (C=O) groups is 1. The van der Waals surface area contributed by atoms with Gasteiger partial charge < -0.3 is 15.1 Å². The van der Waals surface area contributed by atoms with E-state index in [1.54, 1.807) is 29.3 Å². The standard InChI is InChI=1S/C22H23N9O/c1-29-3-5-31(6-4-29)21-9-17(11-25-28-21)22(32)27-20-8-15-7-16(10-23-19(15)13-24-20)18-12-26-30(2)14-18/h7-14H,3-6H2,1-2H3,(H,24,27,32). The first-order valence-corrected chi connectivity index (χ1v) is 10.4. The van der Waals surface area contributed by atoms with Crippen LogP contribution in [0.2, 0.25) is 0 Å². The molecule has 5 rings (SSSR count). The van der Waals surface area contributed by atoms with Crippen LogP contribution in [0.3, 0.4) is 0 Å². The second-order valence-electron chi connectivity index (χ2n) is 7.94. The number of carbonyl (C=O) groups excluding carboxylic acids is 1. The van der Waals surface area contributed by atoms with E-state index < -0.39 is 0 Å². The molecule has 0 saturated carbocycles. The minimum Gasteiger partial charge on any atom is -0.353 e. The molecule has 162 valence electrons. The lowest BCUT2D eigenvalue weighted by Crippen LogP contribution is -2.45. The van der Waals surface area contributed by atoms with E-state index in [0.29, 0.717) is 17.2 Å². The summed E-state index contributed by atoms with van der Waals surface area (Å²) in [6.45, 7) is 3.62. The molecule has 4 aromatic heterocycles. The number of fused-ring (bicyclic) bond motifs is 1. The van der Waals surface area contributed by atoms with Gasteiger partial charge in [-0.05, 0) is 25.2 Å². The first-order chi connectivity index (χ1) is 15.5. The average Bonchev–Trinajstić information content (AvgIpc) is 3.25. The number of nitrogens with one attached hydrogen (secondary N) is 1. The van der Waals surface area contributed by atoms with Gasteiger partial charge in [0.2, 0.25) is 0 Å². The summed E-state index contributed by atoms with van der Waals surface area (Å²) in [7, 11) is 3.97. The monoisotopic (exact) mass is 429 g/mol. The number of amides is 1. The fraction of sp³-hybridized carbons (Fsp3) is 0.273. The van der Waals surface area contributed by atoms with Gasteiger partial charge >= 0.3 is 0 Å². The lowest BCUT2D eigenvalue weighted by atomic mass is 10.1. The molecular weight excluding hydrogens is 406 g/mol. The van der Waals surface area contributed by atoms with Crippen LogP contribution in [0.15, 0.2) is 49.2 Å².